The van der Waals surface area contributed by atoms with E-state index in [1.807, 2.05) is 36.4 Å². The second-order valence-electron chi connectivity index (χ2n) is 6.55. The van der Waals surface area contributed by atoms with Gasteiger partial charge in [-0.15, -0.1) is 0 Å². The number of nitrogens with one attached hydrogen (secondary N) is 1. The highest BCUT2D eigenvalue weighted by Crippen LogP contribution is 2.22. The molecule has 0 aromatic heterocycles. The van der Waals surface area contributed by atoms with Gasteiger partial charge in [-0.1, -0.05) is 25.0 Å². The number of benzene rings is 2. The van der Waals surface area contributed by atoms with Crippen molar-refractivity contribution in [1.29, 1.82) is 0 Å². The zero-order valence-corrected chi connectivity index (χ0v) is 16.0. The maximum atomic E-state index is 12.8. The van der Waals surface area contributed by atoms with Gasteiger partial charge >= 0.3 is 0 Å². The minimum Gasteiger partial charge on any atom is -0.497 e. The fourth-order valence-corrected chi connectivity index (χ4v) is 4.68. The highest BCUT2D eigenvalue weighted by molar-refractivity contribution is 7.89. The number of hydrogen-bond acceptors (Lipinski definition) is 4. The number of ether oxygens (including phenoxy) is 1. The van der Waals surface area contributed by atoms with E-state index in [1.54, 1.807) is 23.5 Å². The molecule has 2 aromatic carbocycles. The summed E-state index contributed by atoms with van der Waals surface area (Å²) < 4.78 is 32.4. The first-order valence-corrected chi connectivity index (χ1v) is 10.5. The van der Waals surface area contributed by atoms with Gasteiger partial charge in [-0.3, -0.25) is 0 Å². The lowest BCUT2D eigenvalue weighted by Gasteiger charge is -2.20. The molecule has 0 amide bonds. The van der Waals surface area contributed by atoms with E-state index in [1.165, 1.54) is 0 Å². The highest BCUT2D eigenvalue weighted by atomic mass is 32.2. The van der Waals surface area contributed by atoms with Crippen molar-refractivity contribution >= 4 is 15.7 Å². The number of hydrogen-bond donors (Lipinski definition) is 1. The average molecular weight is 375 g/mol. The predicted octanol–water partition coefficient (Wildman–Crippen LogP) is 3.87. The monoisotopic (exact) mass is 374 g/mol. The zero-order chi connectivity index (χ0) is 18.4. The molecule has 1 fully saturated rings. The van der Waals surface area contributed by atoms with Crippen LogP contribution in [-0.4, -0.2) is 32.9 Å². The third-order valence-corrected chi connectivity index (χ3v) is 6.60. The summed E-state index contributed by atoms with van der Waals surface area (Å²) in [6.45, 7) is 1.89. The average Bonchev–Trinajstić information content (AvgIpc) is 2.97. The van der Waals surface area contributed by atoms with Gasteiger partial charge in [0.1, 0.15) is 5.75 Å². The largest absolute Gasteiger partial charge is 0.497 e. The van der Waals surface area contributed by atoms with Gasteiger partial charge in [0, 0.05) is 25.3 Å². The van der Waals surface area contributed by atoms with E-state index in [9.17, 15) is 8.42 Å². The van der Waals surface area contributed by atoms with Gasteiger partial charge in [-0.05, 0) is 54.8 Å². The van der Waals surface area contributed by atoms with Gasteiger partial charge in [0.25, 0.3) is 0 Å². The molecule has 0 saturated carbocycles. The van der Waals surface area contributed by atoms with Crippen LogP contribution >= 0.6 is 0 Å². The molecule has 3 rings (SSSR count). The Morgan fingerprint density at radius 2 is 1.69 bits per heavy atom. The summed E-state index contributed by atoms with van der Waals surface area (Å²) in [6, 6.07) is 14.9. The quantitative estimate of drug-likeness (QED) is 0.834. The Morgan fingerprint density at radius 3 is 2.35 bits per heavy atom. The number of methoxy groups -OCH3 is 1. The normalized spacial score (nSPS) is 16.0. The van der Waals surface area contributed by atoms with Gasteiger partial charge in [0.15, 0.2) is 0 Å². The molecular weight excluding hydrogens is 348 g/mol. The minimum absolute atomic E-state index is 0.367. The molecule has 0 bridgehead atoms. The second-order valence-corrected chi connectivity index (χ2v) is 8.49. The molecule has 26 heavy (non-hydrogen) atoms. The molecule has 1 aliphatic rings. The molecule has 1 aliphatic heterocycles. The van der Waals surface area contributed by atoms with Crippen LogP contribution in [0.25, 0.3) is 0 Å². The molecule has 0 spiro atoms. The lowest BCUT2D eigenvalue weighted by molar-refractivity contribution is 0.414. The van der Waals surface area contributed by atoms with Crippen molar-refractivity contribution in [2.45, 2.75) is 37.1 Å². The fourth-order valence-electron chi connectivity index (χ4n) is 3.16. The van der Waals surface area contributed by atoms with Gasteiger partial charge in [0.2, 0.25) is 10.0 Å². The summed E-state index contributed by atoms with van der Waals surface area (Å²) >= 11 is 0. The van der Waals surface area contributed by atoms with Crippen molar-refractivity contribution in [3.05, 3.63) is 54.1 Å². The maximum absolute atomic E-state index is 12.8. The molecule has 0 radical (unpaired) electrons. The fraction of sp³-hybridized carbons (Fsp3) is 0.400. The van der Waals surface area contributed by atoms with E-state index >= 15 is 0 Å². The molecule has 0 unspecified atom stereocenters. The van der Waals surface area contributed by atoms with Crippen LogP contribution in [0.5, 0.6) is 5.75 Å². The van der Waals surface area contributed by atoms with Gasteiger partial charge in [-0.2, -0.15) is 4.31 Å². The van der Waals surface area contributed by atoms with Crippen LogP contribution in [-0.2, 0) is 16.6 Å². The van der Waals surface area contributed by atoms with Gasteiger partial charge in [0.05, 0.1) is 12.0 Å². The number of nitrogens with zero attached hydrogens (tertiary/aromatic N) is 1. The SMILES string of the molecule is COc1cccc(CNc2ccc(S(=O)(=O)N3CCCCCC3)cc2)c1. The van der Waals surface area contributed by atoms with Crippen LogP contribution in [0.2, 0.25) is 0 Å². The standard InChI is InChI=1S/C20H26N2O3S/c1-25-19-8-6-7-17(15-19)16-21-18-9-11-20(12-10-18)26(23,24)22-13-4-2-3-5-14-22/h6-12,15,21H,2-5,13-14,16H2,1H3. The molecule has 5 nitrogen and oxygen atoms in total. The predicted molar refractivity (Wildman–Crippen MR) is 104 cm³/mol. The third-order valence-electron chi connectivity index (χ3n) is 4.69. The zero-order valence-electron chi connectivity index (χ0n) is 15.1. The molecule has 0 atom stereocenters. The van der Waals surface area contributed by atoms with Crippen molar-refractivity contribution in [3.63, 3.8) is 0 Å². The van der Waals surface area contributed by atoms with Crippen LogP contribution in [0.1, 0.15) is 31.2 Å². The van der Waals surface area contributed by atoms with Crippen molar-refractivity contribution in [2.24, 2.45) is 0 Å². The Balaban J connectivity index is 1.65. The van der Waals surface area contributed by atoms with E-state index in [4.69, 9.17) is 4.74 Å². The molecule has 6 heteroatoms. The Bertz CT molecular complexity index is 811. The number of anilines is 1. The number of sulfonamides is 1. The first-order chi connectivity index (χ1) is 12.6. The smallest absolute Gasteiger partial charge is 0.243 e. The third kappa shape index (κ3) is 4.56. The van der Waals surface area contributed by atoms with Crippen LogP contribution < -0.4 is 10.1 Å². The lowest BCUT2D eigenvalue weighted by atomic mass is 10.2. The minimum atomic E-state index is -3.39. The highest BCUT2D eigenvalue weighted by Gasteiger charge is 2.24. The summed E-state index contributed by atoms with van der Waals surface area (Å²) in [5, 5.41) is 3.32. The molecule has 140 valence electrons. The van der Waals surface area contributed by atoms with Crippen molar-refractivity contribution in [2.75, 3.05) is 25.5 Å². The van der Waals surface area contributed by atoms with E-state index < -0.39 is 10.0 Å². The van der Waals surface area contributed by atoms with Crippen LogP contribution in [0.4, 0.5) is 5.69 Å². The van der Waals surface area contributed by atoms with Crippen LogP contribution in [0.3, 0.4) is 0 Å². The first-order valence-electron chi connectivity index (χ1n) is 9.06. The van der Waals surface area contributed by atoms with Crippen molar-refractivity contribution < 1.29 is 13.2 Å². The summed E-state index contributed by atoms with van der Waals surface area (Å²) in [5.74, 6) is 0.822. The Kier molecular flexibility index (Phi) is 6.16. The number of rotatable bonds is 6. The molecular formula is C20H26N2O3S. The summed E-state index contributed by atoms with van der Waals surface area (Å²) in [6.07, 6.45) is 4.11. The topological polar surface area (TPSA) is 58.6 Å². The summed E-state index contributed by atoms with van der Waals surface area (Å²) in [4.78, 5) is 0.367. The lowest BCUT2D eigenvalue weighted by Crippen LogP contribution is -2.31. The molecule has 0 aliphatic carbocycles. The molecule has 1 N–H and O–H groups in total. The van der Waals surface area contributed by atoms with E-state index in [0.717, 1.165) is 42.7 Å². The van der Waals surface area contributed by atoms with Gasteiger partial charge < -0.3 is 10.1 Å². The maximum Gasteiger partial charge on any atom is 0.243 e. The Morgan fingerprint density at radius 1 is 1.00 bits per heavy atom. The Labute approximate surface area is 156 Å². The molecule has 1 heterocycles. The molecule has 1 saturated heterocycles. The van der Waals surface area contributed by atoms with E-state index in [2.05, 4.69) is 5.32 Å². The van der Waals surface area contributed by atoms with E-state index in [0.29, 0.717) is 24.5 Å². The van der Waals surface area contributed by atoms with Crippen molar-refractivity contribution in [1.82, 2.24) is 4.31 Å². The second kappa shape index (κ2) is 8.56. The van der Waals surface area contributed by atoms with Crippen LogP contribution in [0.15, 0.2) is 53.4 Å². The van der Waals surface area contributed by atoms with E-state index in [-0.39, 0.29) is 0 Å². The summed E-state index contributed by atoms with van der Waals surface area (Å²) in [5.41, 5.74) is 1.99. The molecule has 2 aromatic rings. The van der Waals surface area contributed by atoms with Crippen LogP contribution in [0, 0.1) is 0 Å². The summed E-state index contributed by atoms with van der Waals surface area (Å²) in [7, 11) is -1.74. The van der Waals surface area contributed by atoms with Crippen molar-refractivity contribution in [3.8, 4) is 5.75 Å². The van der Waals surface area contributed by atoms with Gasteiger partial charge in [-0.25, -0.2) is 8.42 Å². The Hall–Kier alpha value is -2.05. The first kappa shape index (κ1) is 18.7.